The average Bonchev–Trinajstić information content (AvgIpc) is 2.44. The third kappa shape index (κ3) is 3.58. The molecular weight excluding hydrogens is 250 g/mol. The van der Waals surface area contributed by atoms with E-state index >= 15 is 0 Å². The number of nitriles is 1. The molecule has 1 fully saturated rings. The summed E-state index contributed by atoms with van der Waals surface area (Å²) >= 11 is 0. The van der Waals surface area contributed by atoms with Crippen LogP contribution in [0, 0.1) is 11.3 Å². The quantitative estimate of drug-likeness (QED) is 0.918. The van der Waals surface area contributed by atoms with E-state index in [0.717, 1.165) is 18.4 Å². The van der Waals surface area contributed by atoms with Crippen molar-refractivity contribution in [3.63, 3.8) is 0 Å². The lowest BCUT2D eigenvalue weighted by Gasteiger charge is -2.38. The molecular formula is C16H21N3O. The Kier molecular flexibility index (Phi) is 4.75. The van der Waals surface area contributed by atoms with Gasteiger partial charge >= 0.3 is 0 Å². The lowest BCUT2D eigenvalue weighted by molar-refractivity contribution is -0.128. The second-order valence-corrected chi connectivity index (χ2v) is 5.56. The number of carbonyl (C=O) groups excluding carboxylic acids is 1. The van der Waals surface area contributed by atoms with Gasteiger partial charge in [-0.3, -0.25) is 10.2 Å². The SMILES string of the molecule is CC1CCCC(C)N1NC(=O)Cc1ccc(C#N)cc1. The number of hydrogen-bond donors (Lipinski definition) is 1. The fraction of sp³-hybridized carbons (Fsp3) is 0.500. The minimum absolute atomic E-state index is 0.00954. The fourth-order valence-corrected chi connectivity index (χ4v) is 2.71. The number of piperidine rings is 1. The average molecular weight is 271 g/mol. The largest absolute Gasteiger partial charge is 0.288 e. The molecule has 0 radical (unpaired) electrons. The molecule has 1 aromatic rings. The number of hydrazine groups is 1. The molecule has 2 rings (SSSR count). The van der Waals surface area contributed by atoms with Gasteiger partial charge in [0, 0.05) is 12.1 Å². The zero-order valence-corrected chi connectivity index (χ0v) is 12.1. The van der Waals surface area contributed by atoms with E-state index < -0.39 is 0 Å². The summed E-state index contributed by atoms with van der Waals surface area (Å²) in [5, 5.41) is 10.8. The number of benzene rings is 1. The van der Waals surface area contributed by atoms with E-state index in [0.29, 0.717) is 24.1 Å². The van der Waals surface area contributed by atoms with E-state index in [4.69, 9.17) is 5.26 Å². The molecule has 0 spiro atoms. The van der Waals surface area contributed by atoms with E-state index in [2.05, 4.69) is 30.4 Å². The molecule has 0 aliphatic carbocycles. The molecule has 2 atom stereocenters. The fourth-order valence-electron chi connectivity index (χ4n) is 2.71. The first-order valence-electron chi connectivity index (χ1n) is 7.17. The van der Waals surface area contributed by atoms with Crippen LogP contribution in [0.1, 0.15) is 44.2 Å². The van der Waals surface area contributed by atoms with E-state index in [1.165, 1.54) is 6.42 Å². The maximum atomic E-state index is 12.1. The smallest absolute Gasteiger partial charge is 0.238 e. The Bertz CT molecular complexity index is 493. The first-order valence-corrected chi connectivity index (χ1v) is 7.17. The molecule has 0 bridgehead atoms. The van der Waals surface area contributed by atoms with Gasteiger partial charge in [0.15, 0.2) is 0 Å². The van der Waals surface area contributed by atoms with Crippen molar-refractivity contribution in [1.82, 2.24) is 10.4 Å². The first kappa shape index (κ1) is 14.5. The van der Waals surface area contributed by atoms with Crippen molar-refractivity contribution in [1.29, 1.82) is 5.26 Å². The van der Waals surface area contributed by atoms with Gasteiger partial charge in [0.05, 0.1) is 18.1 Å². The van der Waals surface area contributed by atoms with Crippen molar-refractivity contribution < 1.29 is 4.79 Å². The van der Waals surface area contributed by atoms with Crippen molar-refractivity contribution in [3.05, 3.63) is 35.4 Å². The number of nitrogens with one attached hydrogen (secondary N) is 1. The Morgan fingerprint density at radius 1 is 1.30 bits per heavy atom. The lowest BCUT2D eigenvalue weighted by Crippen LogP contribution is -2.54. The minimum atomic E-state index is 0.00954. The van der Waals surface area contributed by atoms with Crippen molar-refractivity contribution in [2.45, 2.75) is 51.6 Å². The summed E-state index contributed by atoms with van der Waals surface area (Å²) in [6, 6.07) is 10.0. The van der Waals surface area contributed by atoms with E-state index in [1.807, 2.05) is 12.1 Å². The van der Waals surface area contributed by atoms with Crippen LogP contribution in [-0.4, -0.2) is 23.0 Å². The van der Waals surface area contributed by atoms with Gasteiger partial charge in [0.2, 0.25) is 5.91 Å². The highest BCUT2D eigenvalue weighted by Crippen LogP contribution is 2.20. The molecule has 1 amide bonds. The highest BCUT2D eigenvalue weighted by Gasteiger charge is 2.25. The van der Waals surface area contributed by atoms with E-state index in [-0.39, 0.29) is 5.91 Å². The molecule has 1 heterocycles. The molecule has 1 aromatic carbocycles. The third-order valence-corrected chi connectivity index (χ3v) is 3.90. The summed E-state index contributed by atoms with van der Waals surface area (Å²) in [7, 11) is 0. The molecule has 2 unspecified atom stereocenters. The van der Waals surface area contributed by atoms with Crippen molar-refractivity contribution in [2.24, 2.45) is 0 Å². The van der Waals surface area contributed by atoms with Gasteiger partial charge in [-0.15, -0.1) is 0 Å². The van der Waals surface area contributed by atoms with Crippen LogP contribution in [-0.2, 0) is 11.2 Å². The van der Waals surface area contributed by atoms with Crippen LogP contribution in [0.2, 0.25) is 0 Å². The summed E-state index contributed by atoms with van der Waals surface area (Å²) in [6.45, 7) is 4.30. The van der Waals surface area contributed by atoms with Crippen LogP contribution < -0.4 is 5.43 Å². The molecule has 20 heavy (non-hydrogen) atoms. The Morgan fingerprint density at radius 2 is 1.90 bits per heavy atom. The second kappa shape index (κ2) is 6.53. The number of rotatable bonds is 3. The predicted octanol–water partition coefficient (Wildman–Crippen LogP) is 2.39. The summed E-state index contributed by atoms with van der Waals surface area (Å²) in [5.74, 6) is 0.00954. The lowest BCUT2D eigenvalue weighted by atomic mass is 10.00. The molecule has 4 nitrogen and oxygen atoms in total. The molecule has 1 aliphatic rings. The molecule has 0 aromatic heterocycles. The highest BCUT2D eigenvalue weighted by atomic mass is 16.2. The zero-order valence-electron chi connectivity index (χ0n) is 12.1. The van der Waals surface area contributed by atoms with E-state index in [9.17, 15) is 4.79 Å². The molecule has 1 saturated heterocycles. The van der Waals surface area contributed by atoms with Gasteiger partial charge in [-0.1, -0.05) is 18.6 Å². The zero-order chi connectivity index (χ0) is 14.5. The van der Waals surface area contributed by atoms with Crippen LogP contribution in [0.5, 0.6) is 0 Å². The minimum Gasteiger partial charge on any atom is -0.288 e. The van der Waals surface area contributed by atoms with Crippen LogP contribution in [0.15, 0.2) is 24.3 Å². The first-order chi connectivity index (χ1) is 9.60. The van der Waals surface area contributed by atoms with Crippen LogP contribution in [0.25, 0.3) is 0 Å². The maximum Gasteiger partial charge on any atom is 0.238 e. The van der Waals surface area contributed by atoms with Gasteiger partial charge in [0.1, 0.15) is 0 Å². The maximum absolute atomic E-state index is 12.1. The van der Waals surface area contributed by atoms with Gasteiger partial charge < -0.3 is 0 Å². The van der Waals surface area contributed by atoms with Crippen molar-refractivity contribution in [2.75, 3.05) is 0 Å². The number of amides is 1. The van der Waals surface area contributed by atoms with E-state index in [1.54, 1.807) is 12.1 Å². The number of carbonyl (C=O) groups is 1. The predicted molar refractivity (Wildman–Crippen MR) is 77.6 cm³/mol. The molecule has 4 heteroatoms. The Labute approximate surface area is 120 Å². The summed E-state index contributed by atoms with van der Waals surface area (Å²) in [6.07, 6.45) is 3.83. The van der Waals surface area contributed by atoms with Crippen LogP contribution in [0.4, 0.5) is 0 Å². The molecule has 106 valence electrons. The standard InChI is InChI=1S/C16H21N3O/c1-12-4-3-5-13(2)19(12)18-16(20)10-14-6-8-15(11-17)9-7-14/h6-9,12-13H,3-5,10H2,1-2H3,(H,18,20). The van der Waals surface area contributed by atoms with Crippen molar-refractivity contribution >= 4 is 5.91 Å². The van der Waals surface area contributed by atoms with Gasteiger partial charge in [-0.2, -0.15) is 5.26 Å². The Balaban J connectivity index is 1.92. The normalized spacial score (nSPS) is 23.1. The Hall–Kier alpha value is -1.86. The number of hydrogen-bond acceptors (Lipinski definition) is 3. The molecule has 0 saturated carbocycles. The summed E-state index contributed by atoms with van der Waals surface area (Å²) in [4.78, 5) is 12.1. The third-order valence-electron chi connectivity index (χ3n) is 3.90. The van der Waals surface area contributed by atoms with Crippen LogP contribution in [0.3, 0.4) is 0 Å². The van der Waals surface area contributed by atoms with Gasteiger partial charge in [0.25, 0.3) is 0 Å². The molecule has 1 N–H and O–H groups in total. The van der Waals surface area contributed by atoms with Gasteiger partial charge in [-0.05, 0) is 44.4 Å². The van der Waals surface area contributed by atoms with Crippen LogP contribution >= 0.6 is 0 Å². The topological polar surface area (TPSA) is 56.1 Å². The summed E-state index contributed by atoms with van der Waals surface area (Å²) < 4.78 is 0. The highest BCUT2D eigenvalue weighted by molar-refractivity contribution is 5.78. The number of nitrogens with zero attached hydrogens (tertiary/aromatic N) is 2. The second-order valence-electron chi connectivity index (χ2n) is 5.56. The molecule has 1 aliphatic heterocycles. The monoisotopic (exact) mass is 271 g/mol. The van der Waals surface area contributed by atoms with Gasteiger partial charge in [-0.25, -0.2) is 5.01 Å². The van der Waals surface area contributed by atoms with Crippen molar-refractivity contribution in [3.8, 4) is 6.07 Å². The Morgan fingerprint density at radius 3 is 2.45 bits per heavy atom. The summed E-state index contributed by atoms with van der Waals surface area (Å²) in [5.41, 5.74) is 4.57.